The number of esters is 1. The fourth-order valence-corrected chi connectivity index (χ4v) is 2.36. The number of methoxy groups -OCH3 is 1. The van der Waals surface area contributed by atoms with Crippen molar-refractivity contribution in [2.75, 3.05) is 7.11 Å². The van der Waals surface area contributed by atoms with Gasteiger partial charge in [0.15, 0.2) is 5.76 Å². The first-order chi connectivity index (χ1) is 8.54. The Morgan fingerprint density at radius 3 is 3.00 bits per heavy atom. The van der Waals surface area contributed by atoms with E-state index in [1.807, 2.05) is 0 Å². The van der Waals surface area contributed by atoms with E-state index in [2.05, 4.69) is 25.8 Å². The monoisotopic (exact) mass is 315 g/mol. The third-order valence-corrected chi connectivity index (χ3v) is 3.39. The molecule has 1 unspecified atom stereocenters. The van der Waals surface area contributed by atoms with E-state index in [4.69, 9.17) is 4.52 Å². The summed E-state index contributed by atoms with van der Waals surface area (Å²) in [5.41, 5.74) is 1.33. The Balaban J connectivity index is 2.50. The van der Waals surface area contributed by atoms with E-state index < -0.39 is 12.1 Å². The highest BCUT2D eigenvalue weighted by Crippen LogP contribution is 2.35. The number of hydrogen-bond acceptors (Lipinski definition) is 4. The Bertz CT molecular complexity index is 548. The summed E-state index contributed by atoms with van der Waals surface area (Å²) in [6.07, 6.45) is 2.17. The second-order valence-electron chi connectivity index (χ2n) is 3.86. The van der Waals surface area contributed by atoms with E-state index in [0.29, 0.717) is 21.5 Å². The fourth-order valence-electron chi connectivity index (χ4n) is 1.74. The summed E-state index contributed by atoms with van der Waals surface area (Å²) in [5, 5.41) is 3.76. The molecule has 96 valence electrons. The van der Waals surface area contributed by atoms with Crippen molar-refractivity contribution in [1.29, 1.82) is 0 Å². The van der Waals surface area contributed by atoms with Crippen LogP contribution in [0.3, 0.4) is 0 Å². The third kappa shape index (κ3) is 2.25. The van der Waals surface area contributed by atoms with Crippen LogP contribution in [0, 0.1) is 6.92 Å². The van der Waals surface area contributed by atoms with Crippen LogP contribution >= 0.6 is 15.9 Å². The smallest absolute Gasteiger partial charge is 0.343 e. The minimum atomic E-state index is -1.03. The molecule has 6 heteroatoms. The maximum atomic E-state index is 13.2. The SMILES string of the molecule is COC(=O)c1c(C)noc1C1=C(Br)CC(F)C=C1. The number of ether oxygens (including phenoxy) is 1. The van der Waals surface area contributed by atoms with Gasteiger partial charge in [-0.2, -0.15) is 0 Å². The van der Waals surface area contributed by atoms with Crippen molar-refractivity contribution in [3.05, 3.63) is 33.7 Å². The molecule has 0 bridgehead atoms. The van der Waals surface area contributed by atoms with E-state index >= 15 is 0 Å². The molecule has 0 saturated heterocycles. The largest absolute Gasteiger partial charge is 0.465 e. The number of hydrogen-bond donors (Lipinski definition) is 0. The Morgan fingerprint density at radius 1 is 1.67 bits per heavy atom. The van der Waals surface area contributed by atoms with Gasteiger partial charge in [0, 0.05) is 16.5 Å². The summed E-state index contributed by atoms with van der Waals surface area (Å²) in [6, 6.07) is 0. The van der Waals surface area contributed by atoms with Crippen LogP contribution in [-0.4, -0.2) is 24.4 Å². The van der Waals surface area contributed by atoms with Crippen molar-refractivity contribution < 1.29 is 18.4 Å². The molecule has 0 fully saturated rings. The molecule has 0 aliphatic heterocycles. The molecule has 0 radical (unpaired) electrons. The molecule has 0 amide bonds. The van der Waals surface area contributed by atoms with Crippen LogP contribution in [0.1, 0.15) is 28.2 Å². The average molecular weight is 316 g/mol. The van der Waals surface area contributed by atoms with E-state index in [0.717, 1.165) is 0 Å². The van der Waals surface area contributed by atoms with Crippen LogP contribution in [0.25, 0.3) is 5.57 Å². The molecule has 1 aromatic rings. The van der Waals surface area contributed by atoms with Gasteiger partial charge in [-0.1, -0.05) is 27.2 Å². The number of carbonyl (C=O) groups is 1. The lowest BCUT2D eigenvalue weighted by Gasteiger charge is -2.12. The first kappa shape index (κ1) is 13.0. The normalized spacial score (nSPS) is 19.2. The Morgan fingerprint density at radius 2 is 2.39 bits per heavy atom. The van der Waals surface area contributed by atoms with Crippen LogP contribution in [0.4, 0.5) is 4.39 Å². The molecule has 4 nitrogen and oxygen atoms in total. The predicted molar refractivity (Wildman–Crippen MR) is 67.1 cm³/mol. The van der Waals surface area contributed by atoms with Gasteiger partial charge in [-0.05, 0) is 13.0 Å². The molecule has 0 spiro atoms. The second kappa shape index (κ2) is 5.06. The lowest BCUT2D eigenvalue weighted by molar-refractivity contribution is 0.0599. The van der Waals surface area contributed by atoms with Gasteiger partial charge in [-0.3, -0.25) is 0 Å². The quantitative estimate of drug-likeness (QED) is 0.787. The zero-order valence-corrected chi connectivity index (χ0v) is 11.5. The summed E-state index contributed by atoms with van der Waals surface area (Å²) in [4.78, 5) is 11.7. The van der Waals surface area contributed by atoms with Crippen molar-refractivity contribution in [2.45, 2.75) is 19.5 Å². The molecule has 1 atom stereocenters. The minimum Gasteiger partial charge on any atom is -0.465 e. The summed E-state index contributed by atoms with van der Waals surface area (Å²) in [6.45, 7) is 1.65. The number of carbonyl (C=O) groups excluding carboxylic acids is 1. The van der Waals surface area contributed by atoms with Gasteiger partial charge in [-0.15, -0.1) is 0 Å². The molecule has 1 heterocycles. The standard InChI is InChI=1S/C12H11BrFNO3/c1-6-10(12(16)17-2)11(18-15-6)8-4-3-7(14)5-9(8)13/h3-4,7H,5H2,1-2H3. The van der Waals surface area contributed by atoms with Gasteiger partial charge in [-0.25, -0.2) is 9.18 Å². The van der Waals surface area contributed by atoms with Crippen molar-refractivity contribution in [1.82, 2.24) is 5.16 Å². The summed E-state index contributed by atoms with van der Waals surface area (Å²) >= 11 is 3.29. The fraction of sp³-hybridized carbons (Fsp3) is 0.333. The van der Waals surface area contributed by atoms with Crippen molar-refractivity contribution >= 4 is 27.5 Å². The Hall–Kier alpha value is -1.43. The van der Waals surface area contributed by atoms with E-state index in [1.54, 1.807) is 13.0 Å². The topological polar surface area (TPSA) is 52.3 Å². The van der Waals surface area contributed by atoms with E-state index in [1.165, 1.54) is 13.2 Å². The number of halogens is 2. The molecule has 2 rings (SSSR count). The van der Waals surface area contributed by atoms with Crippen molar-refractivity contribution in [2.24, 2.45) is 0 Å². The highest BCUT2D eigenvalue weighted by Gasteiger charge is 2.26. The molecule has 0 aromatic carbocycles. The van der Waals surface area contributed by atoms with Gasteiger partial charge in [0.1, 0.15) is 11.7 Å². The highest BCUT2D eigenvalue weighted by atomic mass is 79.9. The first-order valence-electron chi connectivity index (χ1n) is 5.30. The molecule has 1 aliphatic rings. The third-order valence-electron chi connectivity index (χ3n) is 2.64. The lowest BCUT2D eigenvalue weighted by Crippen LogP contribution is -2.07. The van der Waals surface area contributed by atoms with Gasteiger partial charge in [0.25, 0.3) is 0 Å². The number of aryl methyl sites for hydroxylation is 1. The summed E-state index contributed by atoms with van der Waals surface area (Å²) in [5.74, 6) is -0.221. The maximum absolute atomic E-state index is 13.2. The molecule has 0 N–H and O–H groups in total. The predicted octanol–water partition coefficient (Wildman–Crippen LogP) is 3.17. The van der Waals surface area contributed by atoms with Crippen molar-refractivity contribution in [3.63, 3.8) is 0 Å². The van der Waals surface area contributed by atoms with Crippen LogP contribution in [-0.2, 0) is 4.74 Å². The molecule has 1 aromatic heterocycles. The van der Waals surface area contributed by atoms with Gasteiger partial charge in [0.2, 0.25) is 0 Å². The molecule has 1 aliphatic carbocycles. The zero-order valence-electron chi connectivity index (χ0n) is 9.87. The summed E-state index contributed by atoms with van der Waals surface area (Å²) < 4.78 is 23.6. The number of aromatic nitrogens is 1. The van der Waals surface area contributed by atoms with E-state index in [9.17, 15) is 9.18 Å². The van der Waals surface area contributed by atoms with E-state index in [-0.39, 0.29) is 12.0 Å². The molecular formula is C12H11BrFNO3. The van der Waals surface area contributed by atoms with Gasteiger partial charge >= 0.3 is 5.97 Å². The molecular weight excluding hydrogens is 305 g/mol. The van der Waals surface area contributed by atoms with Gasteiger partial charge in [0.05, 0.1) is 12.8 Å². The van der Waals surface area contributed by atoms with Crippen LogP contribution in [0.2, 0.25) is 0 Å². The molecule has 0 saturated carbocycles. The number of rotatable bonds is 2. The lowest BCUT2D eigenvalue weighted by atomic mass is 10.0. The maximum Gasteiger partial charge on any atom is 0.343 e. The number of allylic oxidation sites excluding steroid dienone is 4. The number of nitrogens with zero attached hydrogens (tertiary/aromatic N) is 1. The zero-order chi connectivity index (χ0) is 13.3. The Labute approximate surface area is 112 Å². The highest BCUT2D eigenvalue weighted by molar-refractivity contribution is 9.11. The second-order valence-corrected chi connectivity index (χ2v) is 4.82. The molecule has 18 heavy (non-hydrogen) atoms. The van der Waals surface area contributed by atoms with Crippen molar-refractivity contribution in [3.8, 4) is 0 Å². The summed E-state index contributed by atoms with van der Waals surface area (Å²) in [7, 11) is 1.29. The minimum absolute atomic E-state index is 0.214. The van der Waals surface area contributed by atoms with Gasteiger partial charge < -0.3 is 9.26 Å². The Kier molecular flexibility index (Phi) is 3.65. The number of alkyl halides is 1. The average Bonchev–Trinajstić information content (AvgIpc) is 2.70. The first-order valence-corrected chi connectivity index (χ1v) is 6.09. The van der Waals surface area contributed by atoms with Crippen LogP contribution < -0.4 is 0 Å². The van der Waals surface area contributed by atoms with Crippen LogP contribution in [0.5, 0.6) is 0 Å². The van der Waals surface area contributed by atoms with Crippen LogP contribution in [0.15, 0.2) is 21.2 Å².